The fourth-order valence-corrected chi connectivity index (χ4v) is 4.73. The normalized spacial score (nSPS) is 23.4. The lowest BCUT2D eigenvalue weighted by Gasteiger charge is -2.30. The Bertz CT molecular complexity index is 567. The third kappa shape index (κ3) is 9.48. The Kier molecular flexibility index (Phi) is 12.4. The van der Waals surface area contributed by atoms with Crippen molar-refractivity contribution in [2.45, 2.75) is 49.8 Å². The molecule has 2 N–H and O–H groups in total. The van der Waals surface area contributed by atoms with E-state index < -0.39 is 0 Å². The molecule has 0 radical (unpaired) electrons. The van der Waals surface area contributed by atoms with E-state index in [-0.39, 0.29) is 24.0 Å². The number of nitrogens with zero attached hydrogens (tertiary/aromatic N) is 2. The smallest absolute Gasteiger partial charge is 0.191 e. The number of hydrogen-bond acceptors (Lipinski definition) is 5. The lowest BCUT2D eigenvalue weighted by atomic mass is 9.95. The molecule has 0 bridgehead atoms. The molecule has 8 heteroatoms. The molecule has 1 aliphatic heterocycles. The van der Waals surface area contributed by atoms with Gasteiger partial charge < -0.3 is 19.8 Å². The second kappa shape index (κ2) is 14.5. The molecule has 29 heavy (non-hydrogen) atoms. The summed E-state index contributed by atoms with van der Waals surface area (Å²) in [6.07, 6.45) is 11.0. The van der Waals surface area contributed by atoms with Crippen LogP contribution in [0.15, 0.2) is 27.8 Å². The molecule has 1 aromatic rings. The van der Waals surface area contributed by atoms with Gasteiger partial charge in [0.25, 0.3) is 0 Å². The van der Waals surface area contributed by atoms with Crippen LogP contribution in [0.4, 0.5) is 0 Å². The van der Waals surface area contributed by atoms with Crippen molar-refractivity contribution in [3.63, 3.8) is 0 Å². The van der Waals surface area contributed by atoms with E-state index in [1.165, 1.54) is 25.7 Å². The summed E-state index contributed by atoms with van der Waals surface area (Å²) in [6, 6.07) is 4.50. The van der Waals surface area contributed by atoms with Crippen molar-refractivity contribution < 1.29 is 9.15 Å². The van der Waals surface area contributed by atoms with Crippen LogP contribution in [0.5, 0.6) is 0 Å². The van der Waals surface area contributed by atoms with E-state index in [9.17, 15) is 0 Å². The predicted octanol–water partition coefficient (Wildman–Crippen LogP) is 3.37. The summed E-state index contributed by atoms with van der Waals surface area (Å²) in [6.45, 7) is 6.62. The number of guanidine groups is 1. The van der Waals surface area contributed by atoms with Gasteiger partial charge in [-0.2, -0.15) is 11.8 Å². The number of ether oxygens (including phenoxy) is 1. The fraction of sp³-hybridized carbons (Fsp3) is 0.762. The van der Waals surface area contributed by atoms with Gasteiger partial charge in [0.2, 0.25) is 0 Å². The number of hydrogen-bond donors (Lipinski definition) is 2. The summed E-state index contributed by atoms with van der Waals surface area (Å²) in [4.78, 5) is 7.34. The van der Waals surface area contributed by atoms with Crippen molar-refractivity contribution in [1.29, 1.82) is 0 Å². The van der Waals surface area contributed by atoms with Crippen LogP contribution in [0.3, 0.4) is 0 Å². The first-order chi connectivity index (χ1) is 13.8. The predicted molar refractivity (Wildman–Crippen MR) is 133 cm³/mol. The zero-order valence-electron chi connectivity index (χ0n) is 17.6. The fourth-order valence-electron chi connectivity index (χ4n) is 3.90. The molecular formula is C21H37IN4O2S. The summed E-state index contributed by atoms with van der Waals surface area (Å²) < 4.78 is 10.9. The summed E-state index contributed by atoms with van der Waals surface area (Å²) in [5.41, 5.74) is 0. The molecule has 2 fully saturated rings. The molecular weight excluding hydrogens is 499 g/mol. The third-order valence-electron chi connectivity index (χ3n) is 5.55. The van der Waals surface area contributed by atoms with E-state index in [1.807, 2.05) is 23.9 Å². The molecule has 0 spiro atoms. The third-order valence-corrected chi connectivity index (χ3v) is 6.65. The molecule has 1 saturated carbocycles. The highest BCUT2D eigenvalue weighted by Gasteiger charge is 2.22. The molecule has 6 nitrogen and oxygen atoms in total. The van der Waals surface area contributed by atoms with Gasteiger partial charge in [0.05, 0.1) is 19.5 Å². The minimum atomic E-state index is 0. The van der Waals surface area contributed by atoms with Gasteiger partial charge in [0.1, 0.15) is 5.76 Å². The van der Waals surface area contributed by atoms with Crippen molar-refractivity contribution in [2.24, 2.45) is 4.99 Å². The number of nitrogens with one attached hydrogen (secondary N) is 2. The van der Waals surface area contributed by atoms with Gasteiger partial charge in [0, 0.05) is 50.4 Å². The largest absolute Gasteiger partial charge is 0.469 e. The first kappa shape index (κ1) is 24.8. The summed E-state index contributed by atoms with van der Waals surface area (Å²) in [5, 5.41) is 7.99. The van der Waals surface area contributed by atoms with Gasteiger partial charge in [-0.05, 0) is 44.1 Å². The van der Waals surface area contributed by atoms with Crippen LogP contribution < -0.4 is 10.6 Å². The Balaban J connectivity index is 0.00000300. The Labute approximate surface area is 197 Å². The van der Waals surface area contributed by atoms with Crippen LogP contribution in [0, 0.1) is 0 Å². The van der Waals surface area contributed by atoms with Gasteiger partial charge in [-0.1, -0.05) is 6.42 Å². The van der Waals surface area contributed by atoms with Crippen LogP contribution in [-0.4, -0.2) is 74.3 Å². The highest BCUT2D eigenvalue weighted by molar-refractivity contribution is 14.0. The molecule has 1 aromatic heterocycles. The molecule has 1 saturated heterocycles. The molecule has 2 unspecified atom stereocenters. The maximum absolute atomic E-state index is 5.44. The van der Waals surface area contributed by atoms with Crippen molar-refractivity contribution in [3.8, 4) is 0 Å². The van der Waals surface area contributed by atoms with Crippen LogP contribution in [-0.2, 0) is 11.2 Å². The molecule has 0 amide bonds. The molecule has 166 valence electrons. The zero-order chi connectivity index (χ0) is 19.4. The lowest BCUT2D eigenvalue weighted by Crippen LogP contribution is -2.46. The van der Waals surface area contributed by atoms with Crippen LogP contribution in [0.1, 0.15) is 37.9 Å². The Morgan fingerprint density at radius 1 is 1.31 bits per heavy atom. The number of thioether (sulfide) groups is 1. The SMILES string of the molecule is CSC1CCCC(NC(=NCCCN2CCOCC2)NCCc2ccco2)C1.I. The van der Waals surface area contributed by atoms with Gasteiger partial charge >= 0.3 is 0 Å². The van der Waals surface area contributed by atoms with E-state index in [0.717, 1.165) is 75.7 Å². The number of morpholine rings is 1. The zero-order valence-corrected chi connectivity index (χ0v) is 20.8. The minimum Gasteiger partial charge on any atom is -0.469 e. The first-order valence-corrected chi connectivity index (χ1v) is 12.0. The molecule has 1 aliphatic carbocycles. The second-order valence-electron chi connectivity index (χ2n) is 7.66. The van der Waals surface area contributed by atoms with E-state index >= 15 is 0 Å². The number of furan rings is 1. The number of rotatable bonds is 9. The van der Waals surface area contributed by atoms with Crippen LogP contribution in [0.25, 0.3) is 0 Å². The lowest BCUT2D eigenvalue weighted by molar-refractivity contribution is 0.0377. The highest BCUT2D eigenvalue weighted by atomic mass is 127. The van der Waals surface area contributed by atoms with Crippen LogP contribution in [0.2, 0.25) is 0 Å². The standard InChI is InChI=1S/C21H36N4O2S.HI/c1-28-20-7-2-5-18(17-20)24-21(23-10-8-19-6-3-14-27-19)22-9-4-11-25-12-15-26-16-13-25;/h3,6,14,18,20H,2,4-5,7-13,15-17H2,1H3,(H2,22,23,24);1H. The van der Waals surface area contributed by atoms with Crippen LogP contribution >= 0.6 is 35.7 Å². The summed E-state index contributed by atoms with van der Waals surface area (Å²) >= 11 is 2.00. The summed E-state index contributed by atoms with van der Waals surface area (Å²) in [5.74, 6) is 1.97. The minimum absolute atomic E-state index is 0. The van der Waals surface area contributed by atoms with E-state index in [0.29, 0.717) is 6.04 Å². The average molecular weight is 537 g/mol. The number of halogens is 1. The monoisotopic (exact) mass is 536 g/mol. The molecule has 0 aromatic carbocycles. The van der Waals surface area contributed by atoms with E-state index in [1.54, 1.807) is 6.26 Å². The first-order valence-electron chi connectivity index (χ1n) is 10.7. The molecule has 2 heterocycles. The Hall–Kier alpha value is -0.450. The quantitative estimate of drug-likeness (QED) is 0.219. The van der Waals surface area contributed by atoms with Crippen molar-refractivity contribution in [3.05, 3.63) is 24.2 Å². The molecule has 2 aliphatic rings. The maximum Gasteiger partial charge on any atom is 0.191 e. The van der Waals surface area contributed by atoms with Crippen molar-refractivity contribution in [1.82, 2.24) is 15.5 Å². The average Bonchev–Trinajstić information content (AvgIpc) is 3.25. The van der Waals surface area contributed by atoms with Crippen molar-refractivity contribution in [2.75, 3.05) is 52.2 Å². The molecule has 3 rings (SSSR count). The van der Waals surface area contributed by atoms with Gasteiger partial charge in [-0.15, -0.1) is 24.0 Å². The van der Waals surface area contributed by atoms with Crippen molar-refractivity contribution >= 4 is 41.7 Å². The van der Waals surface area contributed by atoms with E-state index in [2.05, 4.69) is 21.8 Å². The summed E-state index contributed by atoms with van der Waals surface area (Å²) in [7, 11) is 0. The number of aliphatic imine (C=N–C) groups is 1. The van der Waals surface area contributed by atoms with Gasteiger partial charge in [-0.25, -0.2) is 0 Å². The van der Waals surface area contributed by atoms with E-state index in [4.69, 9.17) is 14.1 Å². The Morgan fingerprint density at radius 3 is 2.93 bits per heavy atom. The topological polar surface area (TPSA) is 62.0 Å². The Morgan fingerprint density at radius 2 is 2.17 bits per heavy atom. The highest BCUT2D eigenvalue weighted by Crippen LogP contribution is 2.26. The van der Waals surface area contributed by atoms with Gasteiger partial charge in [-0.3, -0.25) is 9.89 Å². The molecule has 2 atom stereocenters. The maximum atomic E-state index is 5.44. The second-order valence-corrected chi connectivity index (χ2v) is 8.80. The van der Waals surface area contributed by atoms with Gasteiger partial charge in [0.15, 0.2) is 5.96 Å².